The van der Waals surface area contributed by atoms with E-state index in [9.17, 15) is 10.2 Å². The van der Waals surface area contributed by atoms with Gasteiger partial charge in [-0.15, -0.1) is 23.2 Å². The topological polar surface area (TPSA) is 128 Å². The van der Waals surface area contributed by atoms with Crippen molar-refractivity contribution in [2.45, 2.75) is 189 Å². The van der Waals surface area contributed by atoms with Gasteiger partial charge in [-0.2, -0.15) is 0 Å². The molecule has 3 aliphatic carbocycles. The Morgan fingerprint density at radius 2 is 0.573 bits per heavy atom. The Labute approximate surface area is 567 Å². The molecule has 0 aromatic heterocycles. The van der Waals surface area contributed by atoms with Gasteiger partial charge in [0.1, 0.15) is 40.2 Å². The minimum absolute atomic E-state index is 0. The third-order valence-corrected chi connectivity index (χ3v) is 16.8. The molecule has 89 heavy (non-hydrogen) atoms. The van der Waals surface area contributed by atoms with E-state index in [-0.39, 0.29) is 91.9 Å². The van der Waals surface area contributed by atoms with Crippen molar-refractivity contribution in [2.24, 2.45) is 22.7 Å². The van der Waals surface area contributed by atoms with E-state index in [4.69, 9.17) is 47.3 Å². The molecule has 11 heteroatoms. The summed E-state index contributed by atoms with van der Waals surface area (Å²) in [4.78, 5) is 0. The van der Waals surface area contributed by atoms with Gasteiger partial charge in [0.15, 0.2) is 0 Å². The molecule has 0 saturated heterocycles. The molecule has 0 spiro atoms. The molecule has 0 aliphatic heterocycles. The van der Waals surface area contributed by atoms with E-state index in [1.54, 1.807) is 36.4 Å². The van der Waals surface area contributed by atoms with Crippen molar-refractivity contribution in [3.05, 3.63) is 209 Å². The zero-order valence-corrected chi connectivity index (χ0v) is 60.0. The van der Waals surface area contributed by atoms with Gasteiger partial charge >= 0.3 is 29.6 Å². The van der Waals surface area contributed by atoms with Gasteiger partial charge in [-0.3, -0.25) is 0 Å². The van der Waals surface area contributed by atoms with Crippen molar-refractivity contribution in [3.63, 3.8) is 0 Å². The molecule has 0 bridgehead atoms. The fourth-order valence-electron chi connectivity index (χ4n) is 13.1. The van der Waals surface area contributed by atoms with Gasteiger partial charge in [0.2, 0.25) is 13.6 Å². The first-order valence-electron chi connectivity index (χ1n) is 31.3. The molecule has 3 fully saturated rings. The van der Waals surface area contributed by atoms with Crippen LogP contribution in [0.25, 0.3) is 0 Å². The molecule has 478 valence electrons. The van der Waals surface area contributed by atoms with E-state index in [0.29, 0.717) is 29.1 Å². The van der Waals surface area contributed by atoms with E-state index in [0.717, 1.165) is 48.7 Å². The molecular weight excluding hydrogens is 1160 g/mol. The quantitative estimate of drug-likeness (QED) is 0.0627. The second-order valence-electron chi connectivity index (χ2n) is 29.3. The molecule has 3 saturated carbocycles. The standard InChI is InChI=1S/C43H54O4.C21H26O2.C10H14O.C3H6.CH2Cl2.Na.H2O/c1-31-26-42(8,9)28-43(27-31,34-14-22-38(23-15-34)46-29-44-36-18-10-32(11-19-36)40(2,3)4)35-16-24-39(25-17-35)47-30-45-37-20-12-33(13-21-37)41(5,6)7;1-15-12-20(2,3)14-21(13-15,16-4-8-18(22)9-5-16)17-6-10-19(23)11-7-17;1-10(2,3)8-4-6-9(11)7-5-8;1-2-3-1;2-1-3;;/h10-25,31H,26-30H2,1-9H3;4-11,15,22-23H,12-14H2,1-3H3;4-7,11H,1-3H3;1-3H2;1H2;;1H2/q;;;;;+1;/p-1. The number of ether oxygens (including phenoxy) is 4. The van der Waals surface area contributed by atoms with E-state index >= 15 is 0 Å². The number of hydrogen-bond donors (Lipinski definition) is 3. The molecule has 8 nitrogen and oxygen atoms in total. The molecule has 3 aliphatic rings. The summed E-state index contributed by atoms with van der Waals surface area (Å²) in [5.41, 5.74) is 9.66. The first kappa shape index (κ1) is 76.1. The Bertz CT molecular complexity index is 2980. The summed E-state index contributed by atoms with van der Waals surface area (Å²) in [6, 6.07) is 56.5. The predicted octanol–water partition coefficient (Wildman–Crippen LogP) is 18.6. The van der Waals surface area contributed by atoms with E-state index in [1.807, 2.05) is 36.4 Å². The molecule has 10 rings (SSSR count). The van der Waals surface area contributed by atoms with E-state index in [2.05, 4.69) is 201 Å². The van der Waals surface area contributed by atoms with Gasteiger partial charge in [-0.05, 0) is 201 Å². The van der Waals surface area contributed by atoms with Crippen LogP contribution in [-0.2, 0) is 27.1 Å². The van der Waals surface area contributed by atoms with Gasteiger partial charge in [0.05, 0.1) is 5.34 Å². The number of benzene rings is 7. The fourth-order valence-corrected chi connectivity index (χ4v) is 13.1. The van der Waals surface area contributed by atoms with Gasteiger partial charge in [0.25, 0.3) is 0 Å². The largest absolute Gasteiger partial charge is 1.00 e. The SMILES string of the molecule is C1CC1.CC(C)(C)c1ccc(O)cc1.CC1CC(C)(C)CC(c2ccc(O)cc2)(c2ccc(O)cc2)C1.CC1CC(C)(C)CC(c2ccc(OCOc3ccc(C(C)(C)C)cc3)cc2)(c2ccc(OCOc3ccc(C(C)(C)C)cc3)cc2)C1.ClCCl.[Na+].[OH-]. The smallest absolute Gasteiger partial charge is 0.870 e. The summed E-state index contributed by atoms with van der Waals surface area (Å²) < 4.78 is 23.8. The molecule has 7 aromatic carbocycles. The molecule has 0 radical (unpaired) electrons. The van der Waals surface area contributed by atoms with Crippen LogP contribution in [0, 0.1) is 22.7 Å². The van der Waals surface area contributed by atoms with Crippen molar-refractivity contribution in [2.75, 3.05) is 18.9 Å². The number of alkyl halides is 2. The van der Waals surface area contributed by atoms with Crippen LogP contribution < -0.4 is 48.5 Å². The van der Waals surface area contributed by atoms with Crippen molar-refractivity contribution in [1.29, 1.82) is 0 Å². The number of hydrogen-bond acceptors (Lipinski definition) is 8. The third-order valence-electron chi connectivity index (χ3n) is 16.8. The second-order valence-corrected chi connectivity index (χ2v) is 30.1. The monoisotopic (exact) mass is 1260 g/mol. The van der Waals surface area contributed by atoms with Crippen LogP contribution in [0.15, 0.2) is 170 Å². The average molecular weight is 1260 g/mol. The van der Waals surface area contributed by atoms with Gasteiger partial charge < -0.3 is 39.7 Å². The molecule has 0 amide bonds. The summed E-state index contributed by atoms with van der Waals surface area (Å²) in [5.74, 6) is 5.38. The maximum atomic E-state index is 9.67. The zero-order valence-electron chi connectivity index (χ0n) is 56.5. The van der Waals surface area contributed by atoms with Crippen LogP contribution in [0.3, 0.4) is 0 Å². The Hall–Kier alpha value is -5.32. The van der Waals surface area contributed by atoms with Crippen molar-refractivity contribution < 1.29 is 69.3 Å². The molecule has 2 atom stereocenters. The van der Waals surface area contributed by atoms with Crippen molar-refractivity contribution in [1.82, 2.24) is 0 Å². The number of rotatable bonds is 12. The van der Waals surface area contributed by atoms with Gasteiger partial charge in [-0.25, -0.2) is 0 Å². The van der Waals surface area contributed by atoms with Gasteiger partial charge in [0, 0.05) is 10.8 Å². The van der Waals surface area contributed by atoms with Crippen LogP contribution >= 0.6 is 23.2 Å². The summed E-state index contributed by atoms with van der Waals surface area (Å²) in [6.45, 7) is 34.3. The predicted molar refractivity (Wildman–Crippen MR) is 366 cm³/mol. The average Bonchev–Trinajstić information content (AvgIpc) is 1.39. The molecule has 4 N–H and O–H groups in total. The maximum absolute atomic E-state index is 9.67. The first-order chi connectivity index (χ1) is 40.8. The number of halogens is 2. The minimum atomic E-state index is -0.102. The maximum Gasteiger partial charge on any atom is 1.00 e. The Morgan fingerprint density at radius 1 is 0.371 bits per heavy atom. The van der Waals surface area contributed by atoms with Crippen LogP contribution in [-0.4, -0.2) is 39.7 Å². The zero-order chi connectivity index (χ0) is 63.9. The van der Waals surface area contributed by atoms with Crippen LogP contribution in [0.2, 0.25) is 0 Å². The molecular formula is C78H103Cl2NaO8. The number of aromatic hydroxyl groups is 3. The van der Waals surface area contributed by atoms with Crippen LogP contribution in [0.5, 0.6) is 40.2 Å². The fraction of sp³-hybridized carbons (Fsp3) is 0.462. The number of phenolic OH excluding ortho intramolecular Hbond substituents is 3. The summed E-state index contributed by atoms with van der Waals surface area (Å²) in [5, 5.41) is 28.6. The number of phenols is 3. The van der Waals surface area contributed by atoms with E-state index < -0.39 is 0 Å². The summed E-state index contributed by atoms with van der Waals surface area (Å²) >= 11 is 9.53. The molecule has 2 unspecified atom stereocenters. The Morgan fingerprint density at radius 3 is 0.787 bits per heavy atom. The van der Waals surface area contributed by atoms with Crippen LogP contribution in [0.1, 0.15) is 201 Å². The third kappa shape index (κ3) is 23.4. The molecule has 7 aromatic rings. The Balaban J connectivity index is 0.000000330. The minimum Gasteiger partial charge on any atom is -0.870 e. The van der Waals surface area contributed by atoms with E-state index in [1.165, 1.54) is 71.0 Å². The second kappa shape index (κ2) is 33.3. The van der Waals surface area contributed by atoms with Crippen LogP contribution in [0.4, 0.5) is 0 Å². The normalized spacial score (nSPS) is 17.5. The Kier molecular flexibility index (Phi) is 28.5. The van der Waals surface area contributed by atoms with Crippen molar-refractivity contribution in [3.8, 4) is 40.2 Å². The van der Waals surface area contributed by atoms with Gasteiger partial charge in [-0.1, -0.05) is 208 Å². The summed E-state index contributed by atoms with van der Waals surface area (Å²) in [6.07, 6.45) is 11.3. The van der Waals surface area contributed by atoms with Crippen molar-refractivity contribution >= 4 is 23.2 Å². The summed E-state index contributed by atoms with van der Waals surface area (Å²) in [7, 11) is 0. The molecule has 0 heterocycles. The first-order valence-corrected chi connectivity index (χ1v) is 32.4.